The molecule has 0 atom stereocenters. The predicted octanol–water partition coefficient (Wildman–Crippen LogP) is 4.21. The summed E-state index contributed by atoms with van der Waals surface area (Å²) in [5.41, 5.74) is 1.66. The first-order valence-electron chi connectivity index (χ1n) is 7.61. The van der Waals surface area contributed by atoms with Crippen LogP contribution in [0.3, 0.4) is 0 Å². The lowest BCUT2D eigenvalue weighted by atomic mass is 10.2. The second-order valence-electron chi connectivity index (χ2n) is 5.43. The lowest BCUT2D eigenvalue weighted by Gasteiger charge is -2.26. The summed E-state index contributed by atoms with van der Waals surface area (Å²) in [7, 11) is 0. The van der Waals surface area contributed by atoms with Crippen LogP contribution >= 0.6 is 11.3 Å². The van der Waals surface area contributed by atoms with Crippen molar-refractivity contribution in [1.29, 1.82) is 0 Å². The number of aromatic nitrogens is 1. The standard InChI is InChI=1S/C17H20N2OS/c1-2-19(14-10-6-7-11-14)17(20)15-12-21-16(18-15)13-8-4-3-5-9-13/h3-5,8-9,12,14H,2,6-7,10-11H2,1H3. The molecule has 0 N–H and O–H groups in total. The normalized spacial score (nSPS) is 15.3. The number of amides is 1. The Kier molecular flexibility index (Phi) is 4.34. The molecule has 1 aliphatic carbocycles. The Morgan fingerprint density at radius 3 is 2.67 bits per heavy atom. The molecule has 110 valence electrons. The van der Waals surface area contributed by atoms with Gasteiger partial charge in [0.05, 0.1) is 0 Å². The average Bonchev–Trinajstić information content (AvgIpc) is 3.20. The summed E-state index contributed by atoms with van der Waals surface area (Å²) in [5, 5.41) is 2.81. The monoisotopic (exact) mass is 300 g/mol. The number of carbonyl (C=O) groups is 1. The summed E-state index contributed by atoms with van der Waals surface area (Å²) >= 11 is 1.54. The molecule has 3 nitrogen and oxygen atoms in total. The van der Waals surface area contributed by atoms with E-state index in [2.05, 4.69) is 11.9 Å². The largest absolute Gasteiger partial charge is 0.335 e. The molecule has 1 saturated carbocycles. The van der Waals surface area contributed by atoms with Gasteiger partial charge in [-0.25, -0.2) is 4.98 Å². The van der Waals surface area contributed by atoms with Crippen molar-refractivity contribution in [2.75, 3.05) is 6.54 Å². The van der Waals surface area contributed by atoms with Gasteiger partial charge in [-0.3, -0.25) is 4.79 Å². The van der Waals surface area contributed by atoms with Crippen LogP contribution in [0.2, 0.25) is 0 Å². The SMILES string of the molecule is CCN(C(=O)c1csc(-c2ccccc2)n1)C1CCCC1. The van der Waals surface area contributed by atoms with Crippen LogP contribution in [-0.2, 0) is 0 Å². The molecule has 1 heterocycles. The van der Waals surface area contributed by atoms with Crippen molar-refractivity contribution in [3.8, 4) is 10.6 Å². The Labute approximate surface area is 129 Å². The van der Waals surface area contributed by atoms with Crippen LogP contribution in [0.25, 0.3) is 10.6 Å². The highest BCUT2D eigenvalue weighted by molar-refractivity contribution is 7.13. The van der Waals surface area contributed by atoms with Gasteiger partial charge in [-0.05, 0) is 19.8 Å². The second-order valence-corrected chi connectivity index (χ2v) is 6.29. The number of nitrogens with zero attached hydrogens (tertiary/aromatic N) is 2. The van der Waals surface area contributed by atoms with Gasteiger partial charge in [0.1, 0.15) is 10.7 Å². The summed E-state index contributed by atoms with van der Waals surface area (Å²) in [4.78, 5) is 19.2. The molecule has 0 unspecified atom stereocenters. The molecular weight excluding hydrogens is 280 g/mol. The van der Waals surface area contributed by atoms with E-state index < -0.39 is 0 Å². The van der Waals surface area contributed by atoms with Crippen molar-refractivity contribution in [1.82, 2.24) is 9.88 Å². The van der Waals surface area contributed by atoms with Crippen molar-refractivity contribution >= 4 is 17.2 Å². The molecular formula is C17H20N2OS. The van der Waals surface area contributed by atoms with E-state index >= 15 is 0 Å². The smallest absolute Gasteiger partial charge is 0.273 e. The number of benzene rings is 1. The van der Waals surface area contributed by atoms with Gasteiger partial charge in [-0.15, -0.1) is 11.3 Å². The molecule has 0 aliphatic heterocycles. The Morgan fingerprint density at radius 1 is 1.29 bits per heavy atom. The molecule has 1 amide bonds. The Bertz CT molecular complexity index is 602. The van der Waals surface area contributed by atoms with Gasteiger partial charge in [0, 0.05) is 23.5 Å². The minimum atomic E-state index is 0.0860. The van der Waals surface area contributed by atoms with Crippen molar-refractivity contribution in [3.05, 3.63) is 41.4 Å². The van der Waals surface area contributed by atoms with Crippen LogP contribution in [0.5, 0.6) is 0 Å². The maximum absolute atomic E-state index is 12.7. The first kappa shape index (κ1) is 14.3. The molecule has 0 bridgehead atoms. The van der Waals surface area contributed by atoms with Crippen molar-refractivity contribution < 1.29 is 4.79 Å². The third kappa shape index (κ3) is 3.00. The van der Waals surface area contributed by atoms with Crippen LogP contribution in [-0.4, -0.2) is 28.4 Å². The van der Waals surface area contributed by atoms with Crippen LogP contribution in [0, 0.1) is 0 Å². The zero-order chi connectivity index (χ0) is 14.7. The van der Waals surface area contributed by atoms with Crippen LogP contribution in [0.1, 0.15) is 43.1 Å². The number of hydrogen-bond acceptors (Lipinski definition) is 3. The second kappa shape index (κ2) is 6.39. The summed E-state index contributed by atoms with van der Waals surface area (Å²) in [6.07, 6.45) is 4.74. The number of carbonyl (C=O) groups excluding carboxylic acids is 1. The Balaban J connectivity index is 1.80. The minimum absolute atomic E-state index is 0.0860. The first-order chi connectivity index (χ1) is 10.3. The van der Waals surface area contributed by atoms with E-state index in [0.717, 1.165) is 30.0 Å². The first-order valence-corrected chi connectivity index (χ1v) is 8.49. The van der Waals surface area contributed by atoms with Crippen LogP contribution in [0.15, 0.2) is 35.7 Å². The maximum atomic E-state index is 12.7. The van der Waals surface area contributed by atoms with Gasteiger partial charge in [-0.1, -0.05) is 43.2 Å². The summed E-state index contributed by atoms with van der Waals surface area (Å²) in [6.45, 7) is 2.82. The lowest BCUT2D eigenvalue weighted by molar-refractivity contribution is 0.0688. The molecule has 1 fully saturated rings. The van der Waals surface area contributed by atoms with E-state index in [1.807, 2.05) is 40.6 Å². The fourth-order valence-corrected chi connectivity index (χ4v) is 3.82. The maximum Gasteiger partial charge on any atom is 0.273 e. The number of thiazole rings is 1. The van der Waals surface area contributed by atoms with E-state index in [9.17, 15) is 4.79 Å². The summed E-state index contributed by atoms with van der Waals surface area (Å²) < 4.78 is 0. The Morgan fingerprint density at radius 2 is 2.00 bits per heavy atom. The quantitative estimate of drug-likeness (QED) is 0.847. The van der Waals surface area contributed by atoms with Gasteiger partial charge in [0.25, 0.3) is 5.91 Å². The van der Waals surface area contributed by atoms with Gasteiger partial charge in [0.15, 0.2) is 0 Å². The fraction of sp³-hybridized carbons (Fsp3) is 0.412. The predicted molar refractivity (Wildman–Crippen MR) is 86.5 cm³/mol. The van der Waals surface area contributed by atoms with Gasteiger partial charge in [0.2, 0.25) is 0 Å². The van der Waals surface area contributed by atoms with E-state index in [1.54, 1.807) is 11.3 Å². The third-order valence-corrected chi connectivity index (χ3v) is 5.00. The van der Waals surface area contributed by atoms with Gasteiger partial charge >= 0.3 is 0 Å². The van der Waals surface area contributed by atoms with E-state index in [1.165, 1.54) is 12.8 Å². The topological polar surface area (TPSA) is 33.2 Å². The minimum Gasteiger partial charge on any atom is -0.335 e. The highest BCUT2D eigenvalue weighted by atomic mass is 32.1. The third-order valence-electron chi connectivity index (χ3n) is 4.11. The molecule has 2 aromatic rings. The molecule has 0 radical (unpaired) electrons. The molecule has 3 rings (SSSR count). The van der Waals surface area contributed by atoms with E-state index in [4.69, 9.17) is 0 Å². The summed E-state index contributed by atoms with van der Waals surface area (Å²) in [5.74, 6) is 0.0860. The highest BCUT2D eigenvalue weighted by Gasteiger charge is 2.27. The molecule has 1 aromatic carbocycles. The van der Waals surface area contributed by atoms with Crippen LogP contribution < -0.4 is 0 Å². The van der Waals surface area contributed by atoms with Crippen molar-refractivity contribution in [2.45, 2.75) is 38.6 Å². The van der Waals surface area contributed by atoms with Crippen LogP contribution in [0.4, 0.5) is 0 Å². The highest BCUT2D eigenvalue weighted by Crippen LogP contribution is 2.27. The average molecular weight is 300 g/mol. The molecule has 4 heteroatoms. The lowest BCUT2D eigenvalue weighted by Crippen LogP contribution is -2.38. The molecule has 0 saturated heterocycles. The molecule has 1 aliphatic rings. The van der Waals surface area contributed by atoms with E-state index in [0.29, 0.717) is 11.7 Å². The Hall–Kier alpha value is -1.68. The van der Waals surface area contributed by atoms with E-state index in [-0.39, 0.29) is 5.91 Å². The van der Waals surface area contributed by atoms with Gasteiger partial charge in [-0.2, -0.15) is 0 Å². The number of hydrogen-bond donors (Lipinski definition) is 0. The van der Waals surface area contributed by atoms with Gasteiger partial charge < -0.3 is 4.90 Å². The number of rotatable bonds is 4. The fourth-order valence-electron chi connectivity index (χ4n) is 3.02. The zero-order valence-corrected chi connectivity index (χ0v) is 13.1. The molecule has 1 aromatic heterocycles. The zero-order valence-electron chi connectivity index (χ0n) is 12.3. The molecule has 21 heavy (non-hydrogen) atoms. The van der Waals surface area contributed by atoms with Crippen molar-refractivity contribution in [2.24, 2.45) is 0 Å². The molecule has 0 spiro atoms. The van der Waals surface area contributed by atoms with Crippen molar-refractivity contribution in [3.63, 3.8) is 0 Å². The summed E-state index contributed by atoms with van der Waals surface area (Å²) in [6, 6.07) is 10.4.